The van der Waals surface area contributed by atoms with Gasteiger partial charge < -0.3 is 15.5 Å². The number of nitrogens with zero attached hydrogens (tertiary/aromatic N) is 5. The molecule has 1 aliphatic rings. The van der Waals surface area contributed by atoms with E-state index in [0.717, 1.165) is 32.7 Å². The standard InChI is InChI=1S/C13H24N6/c1-4-18(5-2)6-7-19-12(9-15-13(19)14)11-8-16-17(3)10-11/h8,10,12H,4-7,9H2,1-3H3,(H2,14,15). The molecule has 1 aromatic rings. The summed E-state index contributed by atoms with van der Waals surface area (Å²) in [6.07, 6.45) is 3.95. The molecule has 0 amide bonds. The van der Waals surface area contributed by atoms with Crippen LogP contribution >= 0.6 is 0 Å². The first-order valence-corrected chi connectivity index (χ1v) is 6.93. The van der Waals surface area contributed by atoms with Crippen LogP contribution in [0.3, 0.4) is 0 Å². The van der Waals surface area contributed by atoms with Gasteiger partial charge in [-0.2, -0.15) is 5.10 Å². The van der Waals surface area contributed by atoms with Crippen LogP contribution < -0.4 is 5.73 Å². The molecule has 0 fully saturated rings. The van der Waals surface area contributed by atoms with Crippen LogP contribution in [0.15, 0.2) is 17.4 Å². The van der Waals surface area contributed by atoms with Crippen molar-refractivity contribution in [1.82, 2.24) is 19.6 Å². The van der Waals surface area contributed by atoms with E-state index in [2.05, 4.69) is 33.7 Å². The lowest BCUT2D eigenvalue weighted by molar-refractivity contribution is 0.248. The van der Waals surface area contributed by atoms with E-state index in [4.69, 9.17) is 5.73 Å². The summed E-state index contributed by atoms with van der Waals surface area (Å²) in [6.45, 7) is 9.16. The lowest BCUT2D eigenvalue weighted by atomic mass is 10.1. The molecule has 2 heterocycles. The molecule has 0 spiro atoms. The van der Waals surface area contributed by atoms with Crippen LogP contribution in [0.1, 0.15) is 25.5 Å². The van der Waals surface area contributed by atoms with Gasteiger partial charge >= 0.3 is 0 Å². The first-order valence-electron chi connectivity index (χ1n) is 6.93. The zero-order chi connectivity index (χ0) is 13.8. The summed E-state index contributed by atoms with van der Waals surface area (Å²) in [7, 11) is 1.93. The first kappa shape index (κ1) is 13.9. The van der Waals surface area contributed by atoms with Crippen LogP contribution in [0.25, 0.3) is 0 Å². The van der Waals surface area contributed by atoms with Crippen LogP contribution in [-0.2, 0) is 7.05 Å². The van der Waals surface area contributed by atoms with E-state index in [1.54, 1.807) is 0 Å². The van der Waals surface area contributed by atoms with Gasteiger partial charge in [-0.3, -0.25) is 9.67 Å². The van der Waals surface area contributed by atoms with Crippen molar-refractivity contribution in [2.24, 2.45) is 17.8 Å². The van der Waals surface area contributed by atoms with Gasteiger partial charge in [-0.25, -0.2) is 0 Å². The molecule has 2 rings (SSSR count). The highest BCUT2D eigenvalue weighted by atomic mass is 15.3. The molecule has 1 atom stereocenters. The molecule has 0 saturated heterocycles. The largest absolute Gasteiger partial charge is 0.370 e. The topological polar surface area (TPSA) is 62.7 Å². The smallest absolute Gasteiger partial charge is 0.191 e. The molecule has 6 heteroatoms. The normalized spacial score (nSPS) is 19.3. The number of likely N-dealkylation sites (N-methyl/N-ethyl adjacent to an activating group) is 1. The van der Waals surface area contributed by atoms with Crippen LogP contribution in [0, 0.1) is 0 Å². The van der Waals surface area contributed by atoms with Gasteiger partial charge in [0.2, 0.25) is 0 Å². The maximum Gasteiger partial charge on any atom is 0.191 e. The molecule has 6 nitrogen and oxygen atoms in total. The predicted octanol–water partition coefficient (Wildman–Crippen LogP) is 0.433. The highest BCUT2D eigenvalue weighted by Gasteiger charge is 2.28. The molecule has 0 aromatic carbocycles. The third-order valence-electron chi connectivity index (χ3n) is 3.76. The van der Waals surface area contributed by atoms with E-state index < -0.39 is 0 Å². The molecular formula is C13H24N6. The lowest BCUT2D eigenvalue weighted by Gasteiger charge is -2.28. The van der Waals surface area contributed by atoms with Gasteiger partial charge in [0.15, 0.2) is 5.96 Å². The second-order valence-corrected chi connectivity index (χ2v) is 4.88. The molecule has 1 aromatic heterocycles. The van der Waals surface area contributed by atoms with Gasteiger partial charge in [-0.15, -0.1) is 0 Å². The van der Waals surface area contributed by atoms with E-state index in [1.165, 1.54) is 5.56 Å². The van der Waals surface area contributed by atoms with Crippen molar-refractivity contribution in [3.05, 3.63) is 18.0 Å². The van der Waals surface area contributed by atoms with Crippen molar-refractivity contribution in [3.8, 4) is 0 Å². The van der Waals surface area contributed by atoms with Crippen molar-refractivity contribution in [3.63, 3.8) is 0 Å². The maximum absolute atomic E-state index is 6.01. The van der Waals surface area contributed by atoms with E-state index in [-0.39, 0.29) is 6.04 Å². The molecule has 106 valence electrons. The first-order chi connectivity index (χ1) is 9.15. The zero-order valence-electron chi connectivity index (χ0n) is 12.1. The van der Waals surface area contributed by atoms with Gasteiger partial charge in [0.25, 0.3) is 0 Å². The number of aryl methyl sites for hydroxylation is 1. The van der Waals surface area contributed by atoms with E-state index in [9.17, 15) is 0 Å². The highest BCUT2D eigenvalue weighted by Crippen LogP contribution is 2.24. The molecule has 1 aliphatic heterocycles. The zero-order valence-corrected chi connectivity index (χ0v) is 12.1. The highest BCUT2D eigenvalue weighted by molar-refractivity contribution is 5.80. The number of hydrogen-bond acceptors (Lipinski definition) is 5. The van der Waals surface area contributed by atoms with E-state index in [0.29, 0.717) is 5.96 Å². The van der Waals surface area contributed by atoms with Crippen molar-refractivity contribution < 1.29 is 0 Å². The van der Waals surface area contributed by atoms with Crippen molar-refractivity contribution in [2.75, 3.05) is 32.7 Å². The SMILES string of the molecule is CCN(CC)CCN1C(N)=NCC1c1cnn(C)c1. The summed E-state index contributed by atoms with van der Waals surface area (Å²) in [5.74, 6) is 0.654. The Bertz CT molecular complexity index is 434. The van der Waals surface area contributed by atoms with Crippen molar-refractivity contribution in [1.29, 1.82) is 0 Å². The van der Waals surface area contributed by atoms with Crippen molar-refractivity contribution >= 4 is 5.96 Å². The quantitative estimate of drug-likeness (QED) is 0.809. The molecule has 19 heavy (non-hydrogen) atoms. The molecule has 2 N–H and O–H groups in total. The predicted molar refractivity (Wildman–Crippen MR) is 76.9 cm³/mol. The van der Waals surface area contributed by atoms with Crippen LogP contribution in [0.4, 0.5) is 0 Å². The number of aromatic nitrogens is 2. The summed E-state index contributed by atoms with van der Waals surface area (Å²) in [4.78, 5) is 8.96. The molecule has 0 aliphatic carbocycles. The Morgan fingerprint density at radius 2 is 2.16 bits per heavy atom. The Balaban J connectivity index is 2.01. The van der Waals surface area contributed by atoms with Crippen LogP contribution in [0.5, 0.6) is 0 Å². The summed E-state index contributed by atoms with van der Waals surface area (Å²) in [6, 6.07) is 0.240. The second kappa shape index (κ2) is 6.06. The fraction of sp³-hybridized carbons (Fsp3) is 0.692. The Hall–Kier alpha value is -1.56. The molecule has 0 radical (unpaired) electrons. The minimum absolute atomic E-state index is 0.240. The third kappa shape index (κ3) is 3.07. The summed E-state index contributed by atoms with van der Waals surface area (Å²) in [5, 5.41) is 4.24. The number of aliphatic imine (C=N–C) groups is 1. The van der Waals surface area contributed by atoms with Gasteiger partial charge in [0.05, 0.1) is 18.8 Å². The fourth-order valence-corrected chi connectivity index (χ4v) is 2.49. The van der Waals surface area contributed by atoms with Crippen molar-refractivity contribution in [2.45, 2.75) is 19.9 Å². The van der Waals surface area contributed by atoms with Gasteiger partial charge in [0.1, 0.15) is 0 Å². The second-order valence-electron chi connectivity index (χ2n) is 4.88. The van der Waals surface area contributed by atoms with Gasteiger partial charge in [0, 0.05) is 31.9 Å². The Morgan fingerprint density at radius 1 is 1.42 bits per heavy atom. The molecule has 0 saturated carbocycles. The number of rotatable bonds is 6. The maximum atomic E-state index is 6.01. The minimum Gasteiger partial charge on any atom is -0.370 e. The summed E-state index contributed by atoms with van der Waals surface area (Å²) in [5.41, 5.74) is 7.20. The minimum atomic E-state index is 0.240. The fourth-order valence-electron chi connectivity index (χ4n) is 2.49. The number of guanidine groups is 1. The molecular weight excluding hydrogens is 240 g/mol. The average Bonchev–Trinajstić information content (AvgIpc) is 2.98. The number of nitrogens with two attached hydrogens (primary N) is 1. The van der Waals surface area contributed by atoms with Gasteiger partial charge in [-0.05, 0) is 13.1 Å². The van der Waals surface area contributed by atoms with Crippen LogP contribution in [0.2, 0.25) is 0 Å². The third-order valence-corrected chi connectivity index (χ3v) is 3.76. The van der Waals surface area contributed by atoms with Crippen LogP contribution in [-0.4, -0.2) is 58.3 Å². The van der Waals surface area contributed by atoms with E-state index >= 15 is 0 Å². The molecule has 1 unspecified atom stereocenters. The summed E-state index contributed by atoms with van der Waals surface area (Å²) < 4.78 is 1.83. The Labute approximate surface area is 114 Å². The van der Waals surface area contributed by atoms with Gasteiger partial charge in [-0.1, -0.05) is 13.8 Å². The number of hydrogen-bond donors (Lipinski definition) is 1. The van der Waals surface area contributed by atoms with E-state index in [1.807, 2.05) is 24.1 Å². The Morgan fingerprint density at radius 3 is 2.74 bits per heavy atom. The Kier molecular flexibility index (Phi) is 4.42. The average molecular weight is 264 g/mol. The molecule has 0 bridgehead atoms. The monoisotopic (exact) mass is 264 g/mol. The summed E-state index contributed by atoms with van der Waals surface area (Å²) >= 11 is 0. The lowest BCUT2D eigenvalue weighted by Crippen LogP contribution is -2.41.